The SMILES string of the molecule is O=C(O)CC1COCCN1C(=O)C1=NN(c2ccccc2)C(=O)CC1. The van der Waals surface area contributed by atoms with E-state index in [1.165, 1.54) is 9.91 Å². The second-order valence-corrected chi connectivity index (χ2v) is 5.91. The zero-order valence-electron chi connectivity index (χ0n) is 13.6. The standard InChI is InChI=1S/C17H19N3O5/c21-15-7-6-14(18-20(15)12-4-2-1-3-5-12)17(24)19-8-9-25-11-13(19)10-16(22)23/h1-5,13H,6-11H2,(H,22,23). The molecule has 1 atom stereocenters. The van der Waals surface area contributed by atoms with Gasteiger partial charge in [0.05, 0.1) is 31.4 Å². The van der Waals surface area contributed by atoms with Gasteiger partial charge in [-0.2, -0.15) is 5.10 Å². The van der Waals surface area contributed by atoms with Crippen LogP contribution in [0.5, 0.6) is 0 Å². The van der Waals surface area contributed by atoms with Crippen molar-refractivity contribution in [1.29, 1.82) is 0 Å². The number of hydrazone groups is 1. The Balaban J connectivity index is 1.82. The summed E-state index contributed by atoms with van der Waals surface area (Å²) in [5, 5.41) is 14.5. The highest BCUT2D eigenvalue weighted by Crippen LogP contribution is 2.21. The molecule has 2 heterocycles. The van der Waals surface area contributed by atoms with Crippen LogP contribution in [0.2, 0.25) is 0 Å². The van der Waals surface area contributed by atoms with Crippen molar-refractivity contribution in [3.05, 3.63) is 30.3 Å². The highest BCUT2D eigenvalue weighted by atomic mass is 16.5. The normalized spacial score (nSPS) is 21.0. The van der Waals surface area contributed by atoms with E-state index in [9.17, 15) is 14.4 Å². The lowest BCUT2D eigenvalue weighted by atomic mass is 10.1. The summed E-state index contributed by atoms with van der Waals surface area (Å²) in [7, 11) is 0. The third kappa shape index (κ3) is 3.85. The van der Waals surface area contributed by atoms with Gasteiger partial charge in [-0.15, -0.1) is 0 Å². The van der Waals surface area contributed by atoms with E-state index in [0.717, 1.165) is 0 Å². The minimum absolute atomic E-state index is 0.174. The molecule has 132 valence electrons. The quantitative estimate of drug-likeness (QED) is 0.873. The predicted octanol–water partition coefficient (Wildman–Crippen LogP) is 0.871. The summed E-state index contributed by atoms with van der Waals surface area (Å²) < 4.78 is 5.30. The Kier molecular flexibility index (Phi) is 5.08. The van der Waals surface area contributed by atoms with Gasteiger partial charge in [-0.3, -0.25) is 14.4 Å². The molecule has 8 nitrogen and oxygen atoms in total. The van der Waals surface area contributed by atoms with Gasteiger partial charge in [0.25, 0.3) is 5.91 Å². The van der Waals surface area contributed by atoms with Crippen LogP contribution in [0.25, 0.3) is 0 Å². The molecule has 0 aliphatic carbocycles. The Labute approximate surface area is 144 Å². The molecule has 2 amide bonds. The molecule has 1 aromatic carbocycles. The van der Waals surface area contributed by atoms with Gasteiger partial charge in [0.1, 0.15) is 5.71 Å². The van der Waals surface area contributed by atoms with Crippen molar-refractivity contribution in [2.75, 3.05) is 24.8 Å². The first-order valence-corrected chi connectivity index (χ1v) is 8.12. The van der Waals surface area contributed by atoms with E-state index in [2.05, 4.69) is 5.10 Å². The fourth-order valence-electron chi connectivity index (χ4n) is 2.94. The summed E-state index contributed by atoms with van der Waals surface area (Å²) in [4.78, 5) is 37.5. The number of benzene rings is 1. The van der Waals surface area contributed by atoms with E-state index in [1.54, 1.807) is 24.3 Å². The highest BCUT2D eigenvalue weighted by Gasteiger charge is 2.34. The molecule has 0 aromatic heterocycles. The zero-order chi connectivity index (χ0) is 17.8. The summed E-state index contributed by atoms with van der Waals surface area (Å²) in [6, 6.07) is 8.38. The van der Waals surface area contributed by atoms with Gasteiger partial charge in [0.15, 0.2) is 0 Å². The molecule has 2 aliphatic heterocycles. The molecule has 1 fully saturated rings. The molecule has 1 aromatic rings. The van der Waals surface area contributed by atoms with E-state index in [1.807, 2.05) is 6.07 Å². The van der Waals surface area contributed by atoms with Gasteiger partial charge in [0, 0.05) is 19.4 Å². The summed E-state index contributed by atoms with van der Waals surface area (Å²) >= 11 is 0. The van der Waals surface area contributed by atoms with Gasteiger partial charge < -0.3 is 14.7 Å². The summed E-state index contributed by atoms with van der Waals surface area (Å²) in [5.41, 5.74) is 0.863. The number of carbonyl (C=O) groups excluding carboxylic acids is 2. The van der Waals surface area contributed by atoms with Gasteiger partial charge in [-0.1, -0.05) is 18.2 Å². The first-order chi connectivity index (χ1) is 12.1. The monoisotopic (exact) mass is 345 g/mol. The minimum Gasteiger partial charge on any atom is -0.481 e. The van der Waals surface area contributed by atoms with Crippen molar-refractivity contribution in [3.8, 4) is 0 Å². The number of ether oxygens (including phenoxy) is 1. The Hall–Kier alpha value is -2.74. The van der Waals surface area contributed by atoms with E-state index in [-0.39, 0.29) is 43.4 Å². The smallest absolute Gasteiger partial charge is 0.305 e. The average Bonchev–Trinajstić information content (AvgIpc) is 2.62. The van der Waals surface area contributed by atoms with Crippen LogP contribution < -0.4 is 5.01 Å². The van der Waals surface area contributed by atoms with E-state index < -0.39 is 12.0 Å². The lowest BCUT2D eigenvalue weighted by Gasteiger charge is -2.35. The molecule has 1 N–H and O–H groups in total. The maximum Gasteiger partial charge on any atom is 0.305 e. The number of hydrogen-bond donors (Lipinski definition) is 1. The molecule has 25 heavy (non-hydrogen) atoms. The van der Waals surface area contributed by atoms with Crippen LogP contribution >= 0.6 is 0 Å². The molecule has 0 radical (unpaired) electrons. The second kappa shape index (κ2) is 7.43. The number of morpholine rings is 1. The van der Waals surface area contributed by atoms with Gasteiger partial charge in [0.2, 0.25) is 5.91 Å². The number of rotatable bonds is 4. The lowest BCUT2D eigenvalue weighted by Crippen LogP contribution is -2.52. The first kappa shape index (κ1) is 17.1. The van der Waals surface area contributed by atoms with Crippen molar-refractivity contribution in [1.82, 2.24) is 4.90 Å². The number of hydrogen-bond acceptors (Lipinski definition) is 5. The molecule has 2 aliphatic rings. The first-order valence-electron chi connectivity index (χ1n) is 8.12. The van der Waals surface area contributed by atoms with Crippen molar-refractivity contribution < 1.29 is 24.2 Å². The maximum absolute atomic E-state index is 12.8. The van der Waals surface area contributed by atoms with Gasteiger partial charge >= 0.3 is 5.97 Å². The van der Waals surface area contributed by atoms with Crippen LogP contribution in [0.4, 0.5) is 5.69 Å². The third-order valence-electron chi connectivity index (χ3n) is 4.18. The fourth-order valence-corrected chi connectivity index (χ4v) is 2.94. The largest absolute Gasteiger partial charge is 0.481 e. The molecule has 0 spiro atoms. The van der Waals surface area contributed by atoms with Crippen molar-refractivity contribution >= 4 is 29.2 Å². The molecule has 1 saturated heterocycles. The van der Waals surface area contributed by atoms with Crippen molar-refractivity contribution in [2.45, 2.75) is 25.3 Å². The van der Waals surface area contributed by atoms with E-state index in [0.29, 0.717) is 18.8 Å². The zero-order valence-corrected chi connectivity index (χ0v) is 13.6. The Morgan fingerprint density at radius 3 is 2.72 bits per heavy atom. The van der Waals surface area contributed by atoms with Crippen LogP contribution in [0.15, 0.2) is 35.4 Å². The lowest BCUT2D eigenvalue weighted by molar-refractivity contribution is -0.143. The number of para-hydroxylation sites is 1. The number of carboxylic acid groups (broad SMARTS) is 1. The van der Waals surface area contributed by atoms with Gasteiger partial charge in [-0.25, -0.2) is 5.01 Å². The number of aliphatic carboxylic acids is 1. The predicted molar refractivity (Wildman–Crippen MR) is 89.2 cm³/mol. The number of carbonyl (C=O) groups is 3. The number of carboxylic acids is 1. The summed E-state index contributed by atoms with van der Waals surface area (Å²) in [5.74, 6) is -1.49. The topological polar surface area (TPSA) is 99.5 Å². The van der Waals surface area contributed by atoms with Crippen molar-refractivity contribution in [3.63, 3.8) is 0 Å². The molecular weight excluding hydrogens is 326 g/mol. The Morgan fingerprint density at radius 1 is 1.24 bits per heavy atom. The summed E-state index contributed by atoms with van der Waals surface area (Å²) in [6.45, 7) is 0.859. The number of anilines is 1. The molecule has 3 rings (SSSR count). The average molecular weight is 345 g/mol. The summed E-state index contributed by atoms with van der Waals surface area (Å²) in [6.07, 6.45) is 0.256. The van der Waals surface area contributed by atoms with Crippen LogP contribution in [0.1, 0.15) is 19.3 Å². The Bertz CT molecular complexity index is 703. The molecular formula is C17H19N3O5. The van der Waals surface area contributed by atoms with Crippen LogP contribution in [-0.4, -0.2) is 59.3 Å². The second-order valence-electron chi connectivity index (χ2n) is 5.91. The molecule has 0 bridgehead atoms. The molecule has 8 heteroatoms. The van der Waals surface area contributed by atoms with Crippen LogP contribution in [0.3, 0.4) is 0 Å². The van der Waals surface area contributed by atoms with Crippen LogP contribution in [-0.2, 0) is 19.1 Å². The van der Waals surface area contributed by atoms with E-state index in [4.69, 9.17) is 9.84 Å². The van der Waals surface area contributed by atoms with Crippen LogP contribution in [0, 0.1) is 0 Å². The molecule has 0 saturated carbocycles. The fraction of sp³-hybridized carbons (Fsp3) is 0.412. The third-order valence-corrected chi connectivity index (χ3v) is 4.18. The van der Waals surface area contributed by atoms with Crippen molar-refractivity contribution in [2.24, 2.45) is 5.10 Å². The van der Waals surface area contributed by atoms with E-state index >= 15 is 0 Å². The highest BCUT2D eigenvalue weighted by molar-refractivity contribution is 6.40. The molecule has 1 unspecified atom stereocenters. The number of nitrogens with zero attached hydrogens (tertiary/aromatic N) is 3. The minimum atomic E-state index is -0.986. The Morgan fingerprint density at radius 2 is 2.00 bits per heavy atom. The number of amides is 2. The van der Waals surface area contributed by atoms with Gasteiger partial charge in [-0.05, 0) is 12.1 Å². The maximum atomic E-state index is 12.8.